The SMILES string of the molecule is C=C(C)C(=O)OC1=CCCCCCC1. The Kier molecular flexibility index (Phi) is 4.44. The van der Waals surface area contributed by atoms with Gasteiger partial charge in [-0.2, -0.15) is 0 Å². The van der Waals surface area contributed by atoms with Crippen molar-refractivity contribution in [1.82, 2.24) is 0 Å². The van der Waals surface area contributed by atoms with Gasteiger partial charge in [0, 0.05) is 12.0 Å². The molecule has 0 aromatic heterocycles. The number of rotatable bonds is 2. The molecule has 1 rings (SSSR count). The Bertz CT molecular complexity index is 251. The van der Waals surface area contributed by atoms with E-state index in [1.54, 1.807) is 6.92 Å². The molecule has 2 heteroatoms. The molecule has 2 nitrogen and oxygen atoms in total. The lowest BCUT2D eigenvalue weighted by molar-refractivity contribution is -0.135. The lowest BCUT2D eigenvalue weighted by Gasteiger charge is -2.11. The summed E-state index contributed by atoms with van der Waals surface area (Å²) in [5.41, 5.74) is 0.466. The van der Waals surface area contributed by atoms with Gasteiger partial charge in [0.1, 0.15) is 5.76 Å². The van der Waals surface area contributed by atoms with E-state index in [-0.39, 0.29) is 5.97 Å². The fraction of sp³-hybridized carbons (Fsp3) is 0.583. The van der Waals surface area contributed by atoms with Crippen molar-refractivity contribution in [2.24, 2.45) is 0 Å². The van der Waals surface area contributed by atoms with Crippen LogP contribution >= 0.6 is 0 Å². The van der Waals surface area contributed by atoms with Crippen molar-refractivity contribution in [3.63, 3.8) is 0 Å². The molecule has 0 radical (unpaired) electrons. The monoisotopic (exact) mass is 194 g/mol. The fourth-order valence-electron chi connectivity index (χ4n) is 1.46. The van der Waals surface area contributed by atoms with Gasteiger partial charge in [-0.3, -0.25) is 0 Å². The normalized spacial score (nSPS) is 17.6. The maximum Gasteiger partial charge on any atom is 0.338 e. The van der Waals surface area contributed by atoms with E-state index >= 15 is 0 Å². The molecule has 0 N–H and O–H groups in total. The van der Waals surface area contributed by atoms with E-state index in [0.29, 0.717) is 5.57 Å². The number of ether oxygens (including phenoxy) is 1. The summed E-state index contributed by atoms with van der Waals surface area (Å²) in [5.74, 6) is 0.537. The summed E-state index contributed by atoms with van der Waals surface area (Å²) in [6, 6.07) is 0. The van der Waals surface area contributed by atoms with Crippen LogP contribution in [0.1, 0.15) is 45.4 Å². The van der Waals surface area contributed by atoms with Gasteiger partial charge in [0.25, 0.3) is 0 Å². The van der Waals surface area contributed by atoms with Crippen molar-refractivity contribution in [2.75, 3.05) is 0 Å². The molecule has 0 amide bonds. The highest BCUT2D eigenvalue weighted by Gasteiger charge is 2.08. The molecular weight excluding hydrogens is 176 g/mol. The van der Waals surface area contributed by atoms with Crippen LogP contribution in [-0.4, -0.2) is 5.97 Å². The smallest absolute Gasteiger partial charge is 0.338 e. The Balaban J connectivity index is 2.48. The molecule has 0 unspecified atom stereocenters. The van der Waals surface area contributed by atoms with Crippen LogP contribution in [0.4, 0.5) is 0 Å². The molecule has 1 aliphatic carbocycles. The minimum atomic E-state index is -0.295. The molecule has 0 saturated carbocycles. The molecular formula is C12H18O2. The van der Waals surface area contributed by atoms with Crippen LogP contribution in [0.3, 0.4) is 0 Å². The van der Waals surface area contributed by atoms with Gasteiger partial charge in [0.15, 0.2) is 0 Å². The summed E-state index contributed by atoms with van der Waals surface area (Å²) in [5, 5.41) is 0. The zero-order chi connectivity index (χ0) is 10.4. The van der Waals surface area contributed by atoms with E-state index in [1.165, 1.54) is 19.3 Å². The van der Waals surface area contributed by atoms with Crippen molar-refractivity contribution < 1.29 is 9.53 Å². The molecule has 0 atom stereocenters. The average molecular weight is 194 g/mol. The van der Waals surface area contributed by atoms with E-state index in [2.05, 4.69) is 6.58 Å². The van der Waals surface area contributed by atoms with Gasteiger partial charge in [0.2, 0.25) is 0 Å². The first kappa shape index (κ1) is 11.0. The number of hydrogen-bond acceptors (Lipinski definition) is 2. The largest absolute Gasteiger partial charge is 0.428 e. The van der Waals surface area contributed by atoms with E-state index in [9.17, 15) is 4.79 Å². The Labute approximate surface area is 85.6 Å². The number of esters is 1. The molecule has 0 heterocycles. The fourth-order valence-corrected chi connectivity index (χ4v) is 1.46. The predicted octanol–water partition coefficient (Wildman–Crippen LogP) is 3.34. The van der Waals surface area contributed by atoms with Crippen LogP contribution in [0.5, 0.6) is 0 Å². The van der Waals surface area contributed by atoms with Crippen molar-refractivity contribution >= 4 is 5.97 Å². The van der Waals surface area contributed by atoms with Crippen LogP contribution in [-0.2, 0) is 9.53 Å². The Morgan fingerprint density at radius 1 is 1.36 bits per heavy atom. The quantitative estimate of drug-likeness (QED) is 0.497. The number of carbonyl (C=O) groups is 1. The van der Waals surface area contributed by atoms with Crippen LogP contribution in [0, 0.1) is 0 Å². The highest BCUT2D eigenvalue weighted by molar-refractivity contribution is 5.87. The third-order valence-electron chi connectivity index (χ3n) is 2.32. The summed E-state index contributed by atoms with van der Waals surface area (Å²) in [6.45, 7) is 5.23. The minimum absolute atomic E-state index is 0.295. The van der Waals surface area contributed by atoms with E-state index in [0.717, 1.165) is 25.0 Å². The lowest BCUT2D eigenvalue weighted by atomic mass is 10.1. The highest BCUT2D eigenvalue weighted by Crippen LogP contribution is 2.18. The first-order chi connectivity index (χ1) is 6.70. The number of carbonyl (C=O) groups excluding carboxylic acids is 1. The van der Waals surface area contributed by atoms with Gasteiger partial charge in [0.05, 0.1) is 0 Å². The molecule has 78 valence electrons. The van der Waals surface area contributed by atoms with Crippen molar-refractivity contribution in [3.8, 4) is 0 Å². The summed E-state index contributed by atoms with van der Waals surface area (Å²) >= 11 is 0. The Morgan fingerprint density at radius 3 is 2.79 bits per heavy atom. The topological polar surface area (TPSA) is 26.3 Å². The lowest BCUT2D eigenvalue weighted by Crippen LogP contribution is -2.05. The summed E-state index contributed by atoms with van der Waals surface area (Å²) in [4.78, 5) is 11.2. The van der Waals surface area contributed by atoms with Crippen LogP contribution in [0.2, 0.25) is 0 Å². The number of allylic oxidation sites excluding steroid dienone is 2. The van der Waals surface area contributed by atoms with E-state index in [1.807, 2.05) is 6.08 Å². The molecule has 0 aromatic carbocycles. The zero-order valence-corrected chi connectivity index (χ0v) is 8.84. The second-order valence-corrected chi connectivity index (χ2v) is 3.79. The van der Waals surface area contributed by atoms with Gasteiger partial charge in [-0.05, 0) is 32.3 Å². The maximum atomic E-state index is 11.2. The Hall–Kier alpha value is -1.05. The van der Waals surface area contributed by atoms with Crippen molar-refractivity contribution in [3.05, 3.63) is 24.0 Å². The van der Waals surface area contributed by atoms with E-state index < -0.39 is 0 Å². The summed E-state index contributed by atoms with van der Waals surface area (Å²) in [7, 11) is 0. The van der Waals surface area contributed by atoms with Gasteiger partial charge in [-0.1, -0.05) is 19.4 Å². The van der Waals surface area contributed by atoms with Gasteiger partial charge < -0.3 is 4.74 Å². The van der Waals surface area contributed by atoms with Crippen molar-refractivity contribution in [2.45, 2.75) is 45.4 Å². The predicted molar refractivity (Wildman–Crippen MR) is 56.7 cm³/mol. The molecule has 0 aliphatic heterocycles. The summed E-state index contributed by atoms with van der Waals surface area (Å²) < 4.78 is 5.21. The van der Waals surface area contributed by atoms with Crippen molar-refractivity contribution in [1.29, 1.82) is 0 Å². The molecule has 0 aromatic rings. The van der Waals surface area contributed by atoms with Crippen LogP contribution in [0.15, 0.2) is 24.0 Å². The van der Waals surface area contributed by atoms with Crippen LogP contribution < -0.4 is 0 Å². The molecule has 1 aliphatic rings. The average Bonchev–Trinajstić information content (AvgIpc) is 2.08. The first-order valence-electron chi connectivity index (χ1n) is 5.27. The number of hydrogen-bond donors (Lipinski definition) is 0. The molecule has 0 fully saturated rings. The van der Waals surface area contributed by atoms with Gasteiger partial charge in [-0.15, -0.1) is 0 Å². The Morgan fingerprint density at radius 2 is 2.07 bits per heavy atom. The highest BCUT2D eigenvalue weighted by atomic mass is 16.5. The molecule has 0 bridgehead atoms. The third kappa shape index (κ3) is 3.77. The minimum Gasteiger partial charge on any atom is -0.428 e. The molecule has 14 heavy (non-hydrogen) atoms. The molecule has 0 saturated heterocycles. The molecule has 0 spiro atoms. The van der Waals surface area contributed by atoms with Gasteiger partial charge in [-0.25, -0.2) is 4.79 Å². The zero-order valence-electron chi connectivity index (χ0n) is 8.84. The third-order valence-corrected chi connectivity index (χ3v) is 2.32. The van der Waals surface area contributed by atoms with Crippen LogP contribution in [0.25, 0.3) is 0 Å². The maximum absolute atomic E-state index is 11.2. The van der Waals surface area contributed by atoms with Gasteiger partial charge >= 0.3 is 5.97 Å². The second kappa shape index (κ2) is 5.63. The standard InChI is InChI=1S/C12H18O2/c1-10(2)12(13)14-11-8-6-4-3-5-7-9-11/h8H,1,3-7,9H2,2H3. The van der Waals surface area contributed by atoms with E-state index in [4.69, 9.17) is 4.74 Å². The second-order valence-electron chi connectivity index (χ2n) is 3.79. The first-order valence-corrected chi connectivity index (χ1v) is 5.27. The summed E-state index contributed by atoms with van der Waals surface area (Å²) in [6.07, 6.45) is 8.81.